The van der Waals surface area contributed by atoms with Crippen molar-refractivity contribution in [1.29, 1.82) is 0 Å². The summed E-state index contributed by atoms with van der Waals surface area (Å²) in [4.78, 5) is 62.5. The van der Waals surface area contributed by atoms with Gasteiger partial charge in [0.25, 0.3) is 5.91 Å². The maximum Gasteiger partial charge on any atom is 0.408 e. The molecule has 0 aromatic heterocycles. The molecule has 3 rings (SSSR count). The van der Waals surface area contributed by atoms with Crippen LogP contribution in [-0.2, 0) is 28.7 Å². The first-order valence-electron chi connectivity index (χ1n) is 10.8. The highest BCUT2D eigenvalue weighted by atomic mass is 32.2. The number of carboxylic acid groups (broad SMARTS) is 1. The molecular formula is C23H27N3O8S. The van der Waals surface area contributed by atoms with Crippen LogP contribution in [0, 0.1) is 0 Å². The van der Waals surface area contributed by atoms with Gasteiger partial charge in [-0.1, -0.05) is 30.3 Å². The Morgan fingerprint density at radius 1 is 1.20 bits per heavy atom. The molecule has 0 radical (unpaired) electrons. The van der Waals surface area contributed by atoms with E-state index < -0.39 is 52.9 Å². The number of nitrogens with one attached hydrogen (secondary N) is 2. The minimum absolute atomic E-state index is 0.202. The average molecular weight is 506 g/mol. The van der Waals surface area contributed by atoms with E-state index >= 15 is 0 Å². The number of rotatable bonds is 7. The van der Waals surface area contributed by atoms with Crippen LogP contribution in [0.25, 0.3) is 0 Å². The Morgan fingerprint density at radius 3 is 2.43 bits per heavy atom. The fourth-order valence-corrected chi connectivity index (χ4v) is 4.92. The molecule has 0 aliphatic carbocycles. The molecular weight excluding hydrogens is 478 g/mol. The number of amides is 3. The van der Waals surface area contributed by atoms with Crippen LogP contribution in [0.3, 0.4) is 0 Å². The quantitative estimate of drug-likeness (QED) is 0.370. The van der Waals surface area contributed by atoms with E-state index in [-0.39, 0.29) is 18.1 Å². The molecule has 3 atom stereocenters. The van der Waals surface area contributed by atoms with Gasteiger partial charge in [0.15, 0.2) is 0 Å². The van der Waals surface area contributed by atoms with E-state index in [0.29, 0.717) is 11.1 Å². The highest BCUT2D eigenvalue weighted by molar-refractivity contribution is 8.00. The second-order valence-corrected chi connectivity index (χ2v) is 10.0. The molecule has 2 aliphatic rings. The summed E-state index contributed by atoms with van der Waals surface area (Å²) >= 11 is 1.24. The van der Waals surface area contributed by atoms with Crippen molar-refractivity contribution >= 4 is 41.6 Å². The number of thioether (sulfide) groups is 1. The van der Waals surface area contributed by atoms with E-state index in [2.05, 4.69) is 10.6 Å². The van der Waals surface area contributed by atoms with Gasteiger partial charge in [0.2, 0.25) is 5.91 Å². The van der Waals surface area contributed by atoms with Crippen molar-refractivity contribution in [2.45, 2.75) is 50.8 Å². The van der Waals surface area contributed by atoms with Gasteiger partial charge in [-0.15, -0.1) is 11.8 Å². The van der Waals surface area contributed by atoms with Crippen LogP contribution in [0.2, 0.25) is 0 Å². The predicted molar refractivity (Wildman–Crippen MR) is 125 cm³/mol. The van der Waals surface area contributed by atoms with Gasteiger partial charge >= 0.3 is 18.0 Å². The van der Waals surface area contributed by atoms with Crippen molar-refractivity contribution in [1.82, 2.24) is 15.5 Å². The summed E-state index contributed by atoms with van der Waals surface area (Å²) in [6, 6.07) is 6.32. The van der Waals surface area contributed by atoms with Crippen molar-refractivity contribution in [2.24, 2.45) is 0 Å². The Balaban J connectivity index is 1.77. The number of benzene rings is 1. The SMILES string of the molecule is CC(=O)OCC1=C(C(=O)O)N2C(=O)[C@H](NC(=O)C(NC(=O)OC(C)(C)C)c3ccccc3)[C@H]2SC1. The third-order valence-corrected chi connectivity index (χ3v) is 6.39. The largest absolute Gasteiger partial charge is 0.477 e. The van der Waals surface area contributed by atoms with E-state index in [9.17, 15) is 29.1 Å². The summed E-state index contributed by atoms with van der Waals surface area (Å²) in [6.07, 6.45) is -0.804. The Labute approximate surface area is 206 Å². The number of ether oxygens (including phenoxy) is 2. The number of alkyl carbamates (subject to hydrolysis) is 1. The summed E-state index contributed by atoms with van der Waals surface area (Å²) in [5.41, 5.74) is -0.266. The first-order valence-corrected chi connectivity index (χ1v) is 11.8. The monoisotopic (exact) mass is 505 g/mol. The predicted octanol–water partition coefficient (Wildman–Crippen LogP) is 1.55. The molecule has 1 unspecified atom stereocenters. The molecule has 0 bridgehead atoms. The van der Waals surface area contributed by atoms with E-state index in [1.165, 1.54) is 18.7 Å². The number of hydrogen-bond acceptors (Lipinski definition) is 8. The van der Waals surface area contributed by atoms with Crippen LogP contribution in [0.1, 0.15) is 39.3 Å². The number of carbonyl (C=O) groups is 5. The Kier molecular flexibility index (Phi) is 7.73. The molecule has 3 amide bonds. The maximum atomic E-state index is 13.2. The number of β-lactam (4-membered cyclic amide) rings is 1. The normalized spacial score (nSPS) is 20.2. The summed E-state index contributed by atoms with van der Waals surface area (Å²) < 4.78 is 10.2. The van der Waals surface area contributed by atoms with E-state index in [0.717, 1.165) is 4.90 Å². The van der Waals surface area contributed by atoms with Gasteiger partial charge in [-0.25, -0.2) is 9.59 Å². The van der Waals surface area contributed by atoms with Gasteiger partial charge in [-0.2, -0.15) is 0 Å². The van der Waals surface area contributed by atoms with E-state index in [1.807, 2.05) is 0 Å². The summed E-state index contributed by atoms with van der Waals surface area (Å²) in [5.74, 6) is -2.96. The molecule has 188 valence electrons. The van der Waals surface area contributed by atoms with Gasteiger partial charge in [0.1, 0.15) is 35.4 Å². The number of fused-ring (bicyclic) bond motifs is 1. The number of carboxylic acids is 1. The standard InChI is InChI=1S/C23H27N3O8S/c1-12(27)33-10-14-11-35-20-16(19(29)26(20)17(14)21(30)31)24-18(28)15(13-8-6-5-7-9-13)25-22(32)34-23(2,3)4/h5-9,15-16,20H,10-11H2,1-4H3,(H,24,28)(H,25,32)(H,30,31)/t15?,16-,20+/m0/s1. The highest BCUT2D eigenvalue weighted by Gasteiger charge is 2.54. The van der Waals surface area contributed by atoms with Crippen LogP contribution in [-0.4, -0.2) is 69.2 Å². The van der Waals surface area contributed by atoms with Gasteiger partial charge in [0, 0.05) is 18.2 Å². The molecule has 2 heterocycles. The summed E-state index contributed by atoms with van der Waals surface area (Å²) in [5, 5.41) is 14.2. The lowest BCUT2D eigenvalue weighted by atomic mass is 10.0. The van der Waals surface area contributed by atoms with Crippen LogP contribution >= 0.6 is 11.8 Å². The average Bonchev–Trinajstić information content (AvgIpc) is 2.77. The van der Waals surface area contributed by atoms with Crippen LogP contribution in [0.5, 0.6) is 0 Å². The van der Waals surface area contributed by atoms with Crippen molar-refractivity contribution < 1.29 is 38.6 Å². The van der Waals surface area contributed by atoms with E-state index in [4.69, 9.17) is 9.47 Å². The maximum absolute atomic E-state index is 13.2. The third-order valence-electron chi connectivity index (χ3n) is 5.05. The number of aliphatic carboxylic acids is 1. The smallest absolute Gasteiger partial charge is 0.408 e. The number of nitrogens with zero attached hydrogens (tertiary/aromatic N) is 1. The van der Waals surface area contributed by atoms with E-state index in [1.54, 1.807) is 51.1 Å². The molecule has 1 saturated heterocycles. The van der Waals surface area contributed by atoms with Crippen LogP contribution in [0.15, 0.2) is 41.6 Å². The zero-order valence-corrected chi connectivity index (χ0v) is 20.5. The molecule has 12 heteroatoms. The summed E-state index contributed by atoms with van der Waals surface area (Å²) in [6.45, 7) is 6.03. The van der Waals surface area contributed by atoms with Crippen molar-refractivity contribution in [3.05, 3.63) is 47.2 Å². The fraction of sp³-hybridized carbons (Fsp3) is 0.435. The van der Waals surface area contributed by atoms with Gasteiger partial charge in [-0.05, 0) is 26.3 Å². The Hall–Kier alpha value is -3.54. The number of esters is 1. The highest BCUT2D eigenvalue weighted by Crippen LogP contribution is 2.40. The Bertz CT molecular complexity index is 1070. The third kappa shape index (κ3) is 6.13. The molecule has 0 saturated carbocycles. The molecule has 1 aromatic rings. The molecule has 1 aromatic carbocycles. The zero-order chi connectivity index (χ0) is 25.9. The van der Waals surface area contributed by atoms with Crippen molar-refractivity contribution in [2.75, 3.05) is 12.4 Å². The molecule has 11 nitrogen and oxygen atoms in total. The van der Waals surface area contributed by atoms with Crippen LogP contribution < -0.4 is 10.6 Å². The molecule has 3 N–H and O–H groups in total. The molecule has 35 heavy (non-hydrogen) atoms. The lowest BCUT2D eigenvalue weighted by molar-refractivity contribution is -0.151. The zero-order valence-electron chi connectivity index (χ0n) is 19.7. The van der Waals surface area contributed by atoms with Crippen molar-refractivity contribution in [3.63, 3.8) is 0 Å². The first-order chi connectivity index (χ1) is 16.4. The van der Waals surface area contributed by atoms with Crippen molar-refractivity contribution in [3.8, 4) is 0 Å². The second-order valence-electron chi connectivity index (χ2n) is 8.92. The summed E-state index contributed by atoms with van der Waals surface area (Å²) in [7, 11) is 0. The first kappa shape index (κ1) is 26.1. The Morgan fingerprint density at radius 2 is 1.86 bits per heavy atom. The topological polar surface area (TPSA) is 151 Å². The molecule has 1 fully saturated rings. The van der Waals surface area contributed by atoms with Gasteiger partial charge in [0.05, 0.1) is 0 Å². The molecule has 0 spiro atoms. The lowest BCUT2D eigenvalue weighted by Crippen LogP contribution is -2.71. The minimum atomic E-state index is -1.33. The minimum Gasteiger partial charge on any atom is -0.477 e. The van der Waals surface area contributed by atoms with Gasteiger partial charge in [-0.3, -0.25) is 19.3 Å². The van der Waals surface area contributed by atoms with Gasteiger partial charge < -0.3 is 25.2 Å². The van der Waals surface area contributed by atoms with Crippen LogP contribution in [0.4, 0.5) is 4.79 Å². The number of carbonyl (C=O) groups excluding carboxylic acids is 4. The molecule has 2 aliphatic heterocycles. The number of hydrogen-bond donors (Lipinski definition) is 3. The second kappa shape index (κ2) is 10.4. The fourth-order valence-electron chi connectivity index (χ4n) is 3.59. The lowest BCUT2D eigenvalue weighted by Gasteiger charge is -2.49.